The third-order valence-electron chi connectivity index (χ3n) is 6.26. The second-order valence-electron chi connectivity index (χ2n) is 10.3. The molecule has 2 rings (SSSR count). The van der Waals surface area contributed by atoms with Crippen molar-refractivity contribution in [2.75, 3.05) is 33.4 Å². The minimum Gasteiger partial charge on any atom is -0.497 e. The van der Waals surface area contributed by atoms with E-state index in [2.05, 4.69) is 5.09 Å². The SMILES string of the molecule is CCCCOP(=O)(N[C@@H](Cc1ccccc1)[C@H](O)CN(CC(C)C)S(=O)(=O)c1ccc(OC)cc1)OCCCC. The van der Waals surface area contributed by atoms with Crippen LogP contribution in [0.5, 0.6) is 5.75 Å². The Kier molecular flexibility index (Phi) is 14.8. The third-order valence-corrected chi connectivity index (χ3v) is 9.80. The van der Waals surface area contributed by atoms with Gasteiger partial charge in [0.15, 0.2) is 0 Å². The lowest BCUT2D eigenvalue weighted by atomic mass is 10.0. The number of ether oxygens (including phenoxy) is 1. The van der Waals surface area contributed by atoms with Crippen LogP contribution in [0.15, 0.2) is 59.5 Å². The molecule has 0 heterocycles. The Labute approximate surface area is 240 Å². The highest BCUT2D eigenvalue weighted by Crippen LogP contribution is 2.45. The predicted octanol–water partition coefficient (Wildman–Crippen LogP) is 5.65. The van der Waals surface area contributed by atoms with Gasteiger partial charge in [-0.15, -0.1) is 0 Å². The number of sulfonamides is 1. The monoisotopic (exact) mass is 598 g/mol. The van der Waals surface area contributed by atoms with Crippen LogP contribution in [0.2, 0.25) is 0 Å². The molecule has 226 valence electrons. The van der Waals surface area contributed by atoms with Crippen molar-refractivity contribution in [3.8, 4) is 5.75 Å². The zero-order valence-electron chi connectivity index (χ0n) is 24.5. The van der Waals surface area contributed by atoms with Crippen LogP contribution in [0, 0.1) is 5.92 Å². The number of hydrogen-bond donors (Lipinski definition) is 2. The molecule has 2 atom stereocenters. The number of benzene rings is 2. The Morgan fingerprint density at radius 3 is 2.00 bits per heavy atom. The third kappa shape index (κ3) is 11.2. The molecule has 0 fully saturated rings. The van der Waals surface area contributed by atoms with Crippen molar-refractivity contribution in [2.45, 2.75) is 76.8 Å². The van der Waals surface area contributed by atoms with Crippen molar-refractivity contribution in [1.82, 2.24) is 9.39 Å². The van der Waals surface area contributed by atoms with E-state index in [9.17, 15) is 18.1 Å². The van der Waals surface area contributed by atoms with E-state index in [1.54, 1.807) is 12.1 Å². The fourth-order valence-electron chi connectivity index (χ4n) is 4.02. The molecule has 2 aromatic carbocycles. The number of rotatable bonds is 20. The maximum atomic E-state index is 13.8. The molecule has 9 nitrogen and oxygen atoms in total. The van der Waals surface area contributed by atoms with Gasteiger partial charge in [-0.3, -0.25) is 9.05 Å². The Hall–Kier alpha value is -1.78. The van der Waals surface area contributed by atoms with E-state index in [0.717, 1.165) is 18.4 Å². The number of nitrogens with one attached hydrogen (secondary N) is 1. The molecule has 0 saturated carbocycles. The molecule has 0 aliphatic heterocycles. The number of hydrogen-bond acceptors (Lipinski definition) is 7. The molecule has 0 radical (unpaired) electrons. The van der Waals surface area contributed by atoms with Gasteiger partial charge >= 0.3 is 7.75 Å². The van der Waals surface area contributed by atoms with E-state index in [1.165, 1.54) is 23.5 Å². The summed E-state index contributed by atoms with van der Waals surface area (Å²) in [5, 5.41) is 14.5. The molecule has 11 heteroatoms. The van der Waals surface area contributed by atoms with E-state index in [0.29, 0.717) is 25.0 Å². The fraction of sp³-hybridized carbons (Fsp3) is 0.586. The van der Waals surface area contributed by atoms with Crippen molar-refractivity contribution in [2.24, 2.45) is 5.92 Å². The maximum Gasteiger partial charge on any atom is 0.405 e. The molecule has 2 aromatic rings. The highest BCUT2D eigenvalue weighted by atomic mass is 32.2. The molecule has 0 aliphatic rings. The van der Waals surface area contributed by atoms with Crippen LogP contribution < -0.4 is 9.82 Å². The van der Waals surface area contributed by atoms with Gasteiger partial charge in [0.2, 0.25) is 10.0 Å². The van der Waals surface area contributed by atoms with Gasteiger partial charge in [0.25, 0.3) is 0 Å². The van der Waals surface area contributed by atoms with Gasteiger partial charge < -0.3 is 9.84 Å². The van der Waals surface area contributed by atoms with Crippen LogP contribution in [0.4, 0.5) is 0 Å². The number of aliphatic hydroxyl groups is 1. The maximum absolute atomic E-state index is 13.8. The second-order valence-corrected chi connectivity index (χ2v) is 14.0. The van der Waals surface area contributed by atoms with E-state index in [4.69, 9.17) is 13.8 Å². The smallest absolute Gasteiger partial charge is 0.405 e. The summed E-state index contributed by atoms with van der Waals surface area (Å²) in [6.07, 6.45) is 2.20. The van der Waals surface area contributed by atoms with Crippen molar-refractivity contribution >= 4 is 17.8 Å². The van der Waals surface area contributed by atoms with Gasteiger partial charge in [-0.25, -0.2) is 18.1 Å². The summed E-state index contributed by atoms with van der Waals surface area (Å²) >= 11 is 0. The van der Waals surface area contributed by atoms with Crippen LogP contribution in [-0.2, 0) is 30.1 Å². The minimum atomic E-state index is -3.94. The van der Waals surface area contributed by atoms with Gasteiger partial charge in [-0.2, -0.15) is 4.31 Å². The Balaban J connectivity index is 2.38. The van der Waals surface area contributed by atoms with Gasteiger partial charge in [-0.05, 0) is 55.0 Å². The van der Waals surface area contributed by atoms with Crippen LogP contribution >= 0.6 is 7.75 Å². The van der Waals surface area contributed by atoms with Gasteiger partial charge in [-0.1, -0.05) is 70.9 Å². The van der Waals surface area contributed by atoms with Crippen LogP contribution in [0.25, 0.3) is 0 Å². The summed E-state index contributed by atoms with van der Waals surface area (Å²) in [6, 6.07) is 14.8. The molecule has 0 aromatic heterocycles. The largest absolute Gasteiger partial charge is 0.497 e. The first-order valence-electron chi connectivity index (χ1n) is 14.1. The zero-order valence-corrected chi connectivity index (χ0v) is 26.2. The molecular formula is C29H47N2O7PS. The summed E-state index contributed by atoms with van der Waals surface area (Å²) < 4.78 is 59.0. The lowest BCUT2D eigenvalue weighted by Gasteiger charge is -2.32. The molecule has 0 unspecified atom stereocenters. The minimum absolute atomic E-state index is 0.00149. The summed E-state index contributed by atoms with van der Waals surface area (Å²) in [4.78, 5) is 0.102. The standard InChI is InChI=1S/C29H47N2O7PS/c1-6-8-19-37-39(33,38-20-9-7-2)30-28(21-25-13-11-10-12-14-25)29(32)23-31(22-24(3)4)40(34,35)27-17-15-26(36-5)16-18-27/h10-18,24,28-29,32H,6-9,19-23H2,1-5H3,(H,30,33)/t28-,29+/m0/s1. The van der Waals surface area contributed by atoms with E-state index >= 15 is 0 Å². The Morgan fingerprint density at radius 2 is 1.50 bits per heavy atom. The quantitative estimate of drug-likeness (QED) is 0.149. The first-order chi connectivity index (χ1) is 19.0. The second kappa shape index (κ2) is 17.2. The molecule has 0 saturated heterocycles. The van der Waals surface area contributed by atoms with Gasteiger partial charge in [0.05, 0.1) is 31.3 Å². The lowest BCUT2D eigenvalue weighted by molar-refractivity contribution is 0.101. The topological polar surface area (TPSA) is 114 Å². The first-order valence-corrected chi connectivity index (χ1v) is 17.1. The van der Waals surface area contributed by atoms with Crippen LogP contribution in [-0.4, -0.2) is 63.4 Å². The van der Waals surface area contributed by atoms with Crippen LogP contribution in [0.1, 0.15) is 58.9 Å². The highest BCUT2D eigenvalue weighted by molar-refractivity contribution is 7.89. The average molecular weight is 599 g/mol. The fourth-order valence-corrected chi connectivity index (χ4v) is 7.27. The lowest BCUT2D eigenvalue weighted by Crippen LogP contribution is -2.49. The van der Waals surface area contributed by atoms with Crippen molar-refractivity contribution in [3.05, 3.63) is 60.2 Å². The molecule has 0 spiro atoms. The molecule has 0 aliphatic carbocycles. The molecule has 0 amide bonds. The van der Waals surface area contributed by atoms with Gasteiger partial charge in [0, 0.05) is 19.1 Å². The van der Waals surface area contributed by atoms with Gasteiger partial charge in [0.1, 0.15) is 5.75 Å². The number of nitrogens with zero attached hydrogens (tertiary/aromatic N) is 1. The zero-order chi connectivity index (χ0) is 29.6. The van der Waals surface area contributed by atoms with Crippen molar-refractivity contribution in [3.63, 3.8) is 0 Å². The average Bonchev–Trinajstić information content (AvgIpc) is 2.93. The van der Waals surface area contributed by atoms with Crippen molar-refractivity contribution < 1.29 is 31.9 Å². The number of methoxy groups -OCH3 is 1. The molecule has 2 N–H and O–H groups in total. The summed E-state index contributed by atoms with van der Waals surface area (Å²) in [5.41, 5.74) is 0.890. The van der Waals surface area contributed by atoms with Crippen molar-refractivity contribution in [1.29, 1.82) is 0 Å². The summed E-state index contributed by atoms with van der Waals surface area (Å²) in [6.45, 7) is 8.32. The summed E-state index contributed by atoms with van der Waals surface area (Å²) in [7, 11) is -6.22. The molecule has 0 bridgehead atoms. The van der Waals surface area contributed by atoms with Crippen LogP contribution in [0.3, 0.4) is 0 Å². The number of unbranched alkanes of at least 4 members (excludes halogenated alkanes) is 2. The Morgan fingerprint density at radius 1 is 0.925 bits per heavy atom. The van der Waals surface area contributed by atoms with E-state index < -0.39 is 29.9 Å². The number of aliphatic hydroxyl groups excluding tert-OH is 1. The Bertz CT molecular complexity index is 1120. The predicted molar refractivity (Wildman–Crippen MR) is 159 cm³/mol. The highest BCUT2D eigenvalue weighted by Gasteiger charge is 2.35. The first kappa shape index (κ1) is 34.4. The molecular weight excluding hydrogens is 551 g/mol. The summed E-state index contributed by atoms with van der Waals surface area (Å²) in [5.74, 6) is 0.546. The van der Waals surface area contributed by atoms with E-state index in [1.807, 2.05) is 58.0 Å². The van der Waals surface area contributed by atoms with E-state index in [-0.39, 0.29) is 37.1 Å². The normalized spacial score (nSPS) is 14.0. The molecule has 40 heavy (non-hydrogen) atoms.